The molecule has 0 aliphatic carbocycles. The molecule has 0 radical (unpaired) electrons. The third-order valence-corrected chi connectivity index (χ3v) is 3.43. The lowest BCUT2D eigenvalue weighted by Crippen LogP contribution is -1.87. The Hall–Kier alpha value is -1.31. The van der Waals surface area contributed by atoms with E-state index in [1.165, 1.54) is 11.8 Å². The van der Waals surface area contributed by atoms with Gasteiger partial charge in [0.1, 0.15) is 10.7 Å². The molecule has 0 unspecified atom stereocenters. The molecule has 0 atom stereocenters. The summed E-state index contributed by atoms with van der Waals surface area (Å²) in [6.07, 6.45) is 5.17. The van der Waals surface area contributed by atoms with E-state index in [-0.39, 0.29) is 0 Å². The van der Waals surface area contributed by atoms with Gasteiger partial charge in [-0.15, -0.1) is 28.0 Å². The maximum absolute atomic E-state index is 5.17. The average molecular weight is 232 g/mol. The smallest absolute Gasteiger partial charge is 0.120 e. The van der Waals surface area contributed by atoms with Gasteiger partial charge in [-0.3, -0.25) is 0 Å². The molecule has 2 aromatic rings. The van der Waals surface area contributed by atoms with Crippen LogP contribution >= 0.6 is 23.1 Å². The normalized spacial score (nSPS) is 9.80. The van der Waals surface area contributed by atoms with E-state index in [2.05, 4.69) is 16.1 Å². The summed E-state index contributed by atoms with van der Waals surface area (Å²) in [6.45, 7) is 0. The topological polar surface area (TPSA) is 25.8 Å². The molecular formula is C11H8N2S2. The van der Waals surface area contributed by atoms with Crippen LogP contribution in [0.3, 0.4) is 0 Å². The van der Waals surface area contributed by atoms with E-state index in [4.69, 9.17) is 6.42 Å². The van der Waals surface area contributed by atoms with Gasteiger partial charge in [0.15, 0.2) is 0 Å². The zero-order valence-electron chi connectivity index (χ0n) is 7.88. The molecule has 0 N–H and O–H groups in total. The highest BCUT2D eigenvalue weighted by Gasteiger charge is 2.01. The SMILES string of the molecule is C#CCSc1ccc(-c2cccs2)nn1. The third-order valence-electron chi connectivity index (χ3n) is 1.72. The van der Waals surface area contributed by atoms with Gasteiger partial charge in [-0.1, -0.05) is 23.7 Å². The molecule has 15 heavy (non-hydrogen) atoms. The Bertz CT molecular complexity index is 454. The highest BCUT2D eigenvalue weighted by Crippen LogP contribution is 2.23. The molecule has 0 fully saturated rings. The number of aromatic nitrogens is 2. The summed E-state index contributed by atoms with van der Waals surface area (Å²) >= 11 is 3.18. The molecule has 0 amide bonds. The van der Waals surface area contributed by atoms with Gasteiger partial charge in [-0.05, 0) is 23.6 Å². The van der Waals surface area contributed by atoms with Gasteiger partial charge in [0.05, 0.1) is 10.6 Å². The second-order valence-corrected chi connectivity index (χ2v) is 4.67. The van der Waals surface area contributed by atoms with Crippen LogP contribution in [0.2, 0.25) is 0 Å². The Morgan fingerprint density at radius 3 is 2.87 bits per heavy atom. The fraction of sp³-hybridized carbons (Fsp3) is 0.0909. The first kappa shape index (κ1) is 10.2. The summed E-state index contributed by atoms with van der Waals surface area (Å²) in [5, 5.41) is 11.1. The predicted molar refractivity (Wildman–Crippen MR) is 64.9 cm³/mol. The average Bonchev–Trinajstić information content (AvgIpc) is 2.80. The summed E-state index contributed by atoms with van der Waals surface area (Å²) in [5.74, 6) is 3.19. The van der Waals surface area contributed by atoms with Crippen LogP contribution in [0.5, 0.6) is 0 Å². The second-order valence-electron chi connectivity index (χ2n) is 2.73. The molecule has 0 aliphatic rings. The van der Waals surface area contributed by atoms with Crippen molar-refractivity contribution in [3.05, 3.63) is 29.6 Å². The number of hydrogen-bond acceptors (Lipinski definition) is 4. The lowest BCUT2D eigenvalue weighted by Gasteiger charge is -1.97. The van der Waals surface area contributed by atoms with E-state index in [0.29, 0.717) is 5.75 Å². The molecule has 0 saturated heterocycles. The Labute approximate surface area is 96.8 Å². The molecule has 2 nitrogen and oxygen atoms in total. The Morgan fingerprint density at radius 1 is 1.33 bits per heavy atom. The highest BCUT2D eigenvalue weighted by molar-refractivity contribution is 7.99. The van der Waals surface area contributed by atoms with Crippen molar-refractivity contribution in [2.75, 3.05) is 5.75 Å². The zero-order valence-corrected chi connectivity index (χ0v) is 9.52. The molecular weight excluding hydrogens is 224 g/mol. The van der Waals surface area contributed by atoms with E-state index in [9.17, 15) is 0 Å². The molecule has 0 saturated carbocycles. The van der Waals surface area contributed by atoms with Crippen molar-refractivity contribution in [2.45, 2.75) is 5.03 Å². The van der Waals surface area contributed by atoms with Crippen molar-refractivity contribution in [3.8, 4) is 22.9 Å². The number of nitrogens with zero attached hydrogens (tertiary/aromatic N) is 2. The van der Waals surface area contributed by atoms with E-state index in [1.54, 1.807) is 11.3 Å². The van der Waals surface area contributed by atoms with Crippen LogP contribution in [0.15, 0.2) is 34.7 Å². The van der Waals surface area contributed by atoms with Crippen LogP contribution in [0.1, 0.15) is 0 Å². The van der Waals surface area contributed by atoms with Gasteiger partial charge in [-0.2, -0.15) is 0 Å². The minimum absolute atomic E-state index is 0.632. The van der Waals surface area contributed by atoms with Gasteiger partial charge in [-0.25, -0.2) is 0 Å². The number of thiophene rings is 1. The Morgan fingerprint density at radius 2 is 2.27 bits per heavy atom. The van der Waals surface area contributed by atoms with Crippen LogP contribution in [0.25, 0.3) is 10.6 Å². The largest absolute Gasteiger partial charge is 0.149 e. The van der Waals surface area contributed by atoms with E-state index >= 15 is 0 Å². The maximum atomic E-state index is 5.17. The first-order valence-electron chi connectivity index (χ1n) is 4.34. The lowest BCUT2D eigenvalue weighted by molar-refractivity contribution is 0.939. The molecule has 2 heterocycles. The number of hydrogen-bond donors (Lipinski definition) is 0. The molecule has 0 bridgehead atoms. The van der Waals surface area contributed by atoms with E-state index in [1.807, 2.05) is 29.6 Å². The summed E-state index contributed by atoms with van der Waals surface area (Å²) in [4.78, 5) is 1.14. The molecule has 2 rings (SSSR count). The maximum Gasteiger partial charge on any atom is 0.120 e. The van der Waals surface area contributed by atoms with Crippen molar-refractivity contribution in [1.29, 1.82) is 0 Å². The summed E-state index contributed by atoms with van der Waals surface area (Å²) in [5.41, 5.74) is 0.912. The number of thioether (sulfide) groups is 1. The van der Waals surface area contributed by atoms with E-state index < -0.39 is 0 Å². The number of rotatable bonds is 3. The molecule has 0 spiro atoms. The highest BCUT2D eigenvalue weighted by atomic mass is 32.2. The Balaban J connectivity index is 2.15. The molecule has 4 heteroatoms. The van der Waals surface area contributed by atoms with Gasteiger partial charge < -0.3 is 0 Å². The van der Waals surface area contributed by atoms with E-state index in [0.717, 1.165) is 15.6 Å². The first-order valence-corrected chi connectivity index (χ1v) is 6.20. The van der Waals surface area contributed by atoms with Gasteiger partial charge in [0.2, 0.25) is 0 Å². The quantitative estimate of drug-likeness (QED) is 0.601. The fourth-order valence-electron chi connectivity index (χ4n) is 1.07. The fourth-order valence-corrected chi connectivity index (χ4v) is 2.25. The van der Waals surface area contributed by atoms with Crippen LogP contribution in [-0.4, -0.2) is 16.0 Å². The molecule has 74 valence electrons. The van der Waals surface area contributed by atoms with Crippen molar-refractivity contribution in [2.24, 2.45) is 0 Å². The minimum Gasteiger partial charge on any atom is -0.149 e. The van der Waals surface area contributed by atoms with Crippen LogP contribution in [-0.2, 0) is 0 Å². The predicted octanol–water partition coefficient (Wildman–Crippen LogP) is 2.93. The monoisotopic (exact) mass is 232 g/mol. The van der Waals surface area contributed by atoms with Crippen LogP contribution in [0, 0.1) is 12.3 Å². The number of terminal acetylenes is 1. The zero-order chi connectivity index (χ0) is 10.5. The van der Waals surface area contributed by atoms with Crippen molar-refractivity contribution in [3.63, 3.8) is 0 Å². The molecule has 0 aliphatic heterocycles. The minimum atomic E-state index is 0.632. The van der Waals surface area contributed by atoms with Gasteiger partial charge in [0.25, 0.3) is 0 Å². The Kier molecular flexibility index (Phi) is 3.38. The lowest BCUT2D eigenvalue weighted by atomic mass is 10.3. The summed E-state index contributed by atoms with van der Waals surface area (Å²) in [7, 11) is 0. The summed E-state index contributed by atoms with van der Waals surface area (Å²) < 4.78 is 0. The van der Waals surface area contributed by atoms with Gasteiger partial charge >= 0.3 is 0 Å². The standard InChI is InChI=1S/C11H8N2S2/c1-2-7-15-11-6-5-9(12-13-11)10-4-3-8-14-10/h1,3-6,8H,7H2. The van der Waals surface area contributed by atoms with Crippen LogP contribution < -0.4 is 0 Å². The molecule has 0 aromatic carbocycles. The first-order chi connectivity index (χ1) is 7.40. The van der Waals surface area contributed by atoms with Gasteiger partial charge in [0, 0.05) is 0 Å². The van der Waals surface area contributed by atoms with Crippen molar-refractivity contribution in [1.82, 2.24) is 10.2 Å². The molecule has 2 aromatic heterocycles. The van der Waals surface area contributed by atoms with Crippen molar-refractivity contribution < 1.29 is 0 Å². The second kappa shape index (κ2) is 4.96. The summed E-state index contributed by atoms with van der Waals surface area (Å²) in [6, 6.07) is 7.95. The van der Waals surface area contributed by atoms with Crippen molar-refractivity contribution >= 4 is 23.1 Å². The third kappa shape index (κ3) is 2.58. The van der Waals surface area contributed by atoms with Crippen LogP contribution in [0.4, 0.5) is 0 Å².